The molecule has 2 aromatic carbocycles. The smallest absolute Gasteiger partial charge is 0.329 e. The van der Waals surface area contributed by atoms with E-state index in [1.54, 1.807) is 30.2 Å². The number of hydrogen-bond donors (Lipinski definition) is 2. The molecule has 0 saturated carbocycles. The molecule has 2 N–H and O–H groups in total. The molecule has 1 saturated heterocycles. The lowest BCUT2D eigenvalue weighted by Crippen LogP contribution is -2.65. The van der Waals surface area contributed by atoms with Gasteiger partial charge in [-0.1, -0.05) is 64.6 Å². The first-order chi connectivity index (χ1) is 33.5. The van der Waals surface area contributed by atoms with Gasteiger partial charge in [0.1, 0.15) is 24.2 Å². The highest BCUT2D eigenvalue weighted by Crippen LogP contribution is 2.57. The molecule has 6 heterocycles. The Labute approximate surface area is 413 Å². The van der Waals surface area contributed by atoms with Crippen molar-refractivity contribution in [3.8, 4) is 22.5 Å². The molecular formula is C53H63N9O7S. The minimum Gasteiger partial charge on any atom is -0.464 e. The second-order valence-corrected chi connectivity index (χ2v) is 21.1. The van der Waals surface area contributed by atoms with Gasteiger partial charge in [0, 0.05) is 97.2 Å². The summed E-state index contributed by atoms with van der Waals surface area (Å²) in [6, 6.07) is 13.6. The van der Waals surface area contributed by atoms with E-state index in [0.717, 1.165) is 50.2 Å². The molecule has 1 fully saturated rings. The number of amides is 5. The number of fused-ring (bicyclic) bond motifs is 10. The number of nitrogens with zero attached hydrogens (tertiary/aromatic N) is 7. The summed E-state index contributed by atoms with van der Waals surface area (Å²) in [5, 5.41) is 8.06. The Bertz CT molecular complexity index is 2880. The number of esters is 1. The van der Waals surface area contributed by atoms with E-state index in [4.69, 9.17) is 19.4 Å². The number of carbonyl (C=O) groups is 5. The van der Waals surface area contributed by atoms with Gasteiger partial charge < -0.3 is 34.1 Å². The zero-order valence-corrected chi connectivity index (χ0v) is 42.2. The van der Waals surface area contributed by atoms with Crippen LogP contribution in [0.1, 0.15) is 93.9 Å². The highest BCUT2D eigenvalue weighted by molar-refractivity contribution is 7.10. The SMILES string of the molecule is C=CC(=O)N1C[C@@H](C)N(C(=O)N(C)[C@H](C(=O)N[C@H]2Cc3nc(cs3)-c3ccc4c(c3)c3c(n4CC)-c4cccnc4[C@@H](OC)C3C(C)(C)COC(=O)[C@H]3NN(Cc4ccccc43)C2=O)C(C)C)[C@H](C)C1. The maximum atomic E-state index is 15.1. The third-order valence-corrected chi connectivity index (χ3v) is 15.5. The van der Waals surface area contributed by atoms with Gasteiger partial charge in [0.25, 0.3) is 5.91 Å². The molecule has 5 amide bonds. The molecule has 5 aromatic rings. The molecule has 4 aliphatic rings. The number of thiazole rings is 1. The highest BCUT2D eigenvalue weighted by Gasteiger charge is 2.48. The summed E-state index contributed by atoms with van der Waals surface area (Å²) in [5.41, 5.74) is 10.5. The van der Waals surface area contributed by atoms with Crippen LogP contribution < -0.4 is 10.7 Å². The van der Waals surface area contributed by atoms with Crippen LogP contribution in [0.3, 0.4) is 0 Å². The first-order valence-corrected chi connectivity index (χ1v) is 25.0. The summed E-state index contributed by atoms with van der Waals surface area (Å²) >= 11 is 1.39. The predicted octanol–water partition coefficient (Wildman–Crippen LogP) is 7.01. The molecule has 3 aromatic heterocycles. The number of likely N-dealkylation sites (N-methyl/N-ethyl adjacent to an activating group) is 1. The fourth-order valence-corrected chi connectivity index (χ4v) is 12.3. The zero-order chi connectivity index (χ0) is 49.9. The van der Waals surface area contributed by atoms with Crippen LogP contribution in [-0.4, -0.2) is 122 Å². The molecule has 17 heteroatoms. The molecular weight excluding hydrogens is 907 g/mol. The first-order valence-electron chi connectivity index (χ1n) is 24.2. The van der Waals surface area contributed by atoms with Gasteiger partial charge in [-0.15, -0.1) is 11.3 Å². The normalized spacial score (nSPS) is 23.5. The minimum atomic E-state index is -1.16. The number of rotatable bonds is 7. The molecule has 7 atom stereocenters. The molecule has 0 spiro atoms. The summed E-state index contributed by atoms with van der Waals surface area (Å²) in [6.07, 6.45) is 2.63. The largest absolute Gasteiger partial charge is 0.464 e. The second-order valence-electron chi connectivity index (χ2n) is 20.1. The summed E-state index contributed by atoms with van der Waals surface area (Å²) in [7, 11) is 3.30. The van der Waals surface area contributed by atoms with Crippen molar-refractivity contribution in [2.45, 2.75) is 110 Å². The van der Waals surface area contributed by atoms with Crippen molar-refractivity contribution in [2.24, 2.45) is 11.3 Å². The van der Waals surface area contributed by atoms with Gasteiger partial charge in [0.15, 0.2) is 0 Å². The summed E-state index contributed by atoms with van der Waals surface area (Å²) in [5.74, 6) is -2.44. The Kier molecular flexibility index (Phi) is 13.2. The number of urea groups is 1. The van der Waals surface area contributed by atoms with Crippen molar-refractivity contribution in [2.75, 3.05) is 33.9 Å². The maximum absolute atomic E-state index is 15.1. The highest BCUT2D eigenvalue weighted by atomic mass is 32.1. The Hall–Kier alpha value is -6.43. The van der Waals surface area contributed by atoms with Gasteiger partial charge in [-0.25, -0.2) is 20.0 Å². The Morgan fingerprint density at radius 2 is 1.83 bits per heavy atom. The molecule has 16 nitrogen and oxygen atoms in total. The number of piperazine rings is 1. The molecule has 1 aliphatic carbocycles. The van der Waals surface area contributed by atoms with E-state index < -0.39 is 47.4 Å². The summed E-state index contributed by atoms with van der Waals surface area (Å²) in [6.45, 7) is 18.9. The molecule has 368 valence electrons. The van der Waals surface area contributed by atoms with Crippen LogP contribution in [-0.2, 0) is 48.2 Å². The Morgan fingerprint density at radius 3 is 2.53 bits per heavy atom. The van der Waals surface area contributed by atoms with Crippen molar-refractivity contribution in [1.29, 1.82) is 0 Å². The van der Waals surface area contributed by atoms with E-state index in [1.807, 2.05) is 63.4 Å². The predicted molar refractivity (Wildman–Crippen MR) is 267 cm³/mol. The lowest BCUT2D eigenvalue weighted by molar-refractivity contribution is -0.156. The fraction of sp³-hybridized carbons (Fsp3) is 0.453. The molecule has 0 radical (unpaired) electrons. The first kappa shape index (κ1) is 48.6. The van der Waals surface area contributed by atoms with Gasteiger partial charge in [0.2, 0.25) is 11.8 Å². The van der Waals surface area contributed by atoms with Crippen molar-refractivity contribution in [1.82, 2.24) is 45.0 Å². The van der Waals surface area contributed by atoms with Crippen LogP contribution in [0.2, 0.25) is 0 Å². The van der Waals surface area contributed by atoms with E-state index in [1.165, 1.54) is 27.3 Å². The molecule has 3 aliphatic heterocycles. The van der Waals surface area contributed by atoms with Gasteiger partial charge in [-0.05, 0) is 73.7 Å². The number of methoxy groups -OCH3 is 1. The average molecular weight is 970 g/mol. The monoisotopic (exact) mass is 969 g/mol. The van der Waals surface area contributed by atoms with E-state index in [-0.39, 0.29) is 55.4 Å². The van der Waals surface area contributed by atoms with Gasteiger partial charge in [-0.3, -0.25) is 24.4 Å². The van der Waals surface area contributed by atoms with Crippen LogP contribution in [0.5, 0.6) is 0 Å². The van der Waals surface area contributed by atoms with Crippen molar-refractivity contribution in [3.63, 3.8) is 0 Å². The number of benzene rings is 2. The number of hydrazine groups is 1. The number of pyridine rings is 1. The van der Waals surface area contributed by atoms with Gasteiger partial charge in [-0.2, -0.15) is 0 Å². The van der Waals surface area contributed by atoms with Crippen molar-refractivity contribution < 1.29 is 33.4 Å². The van der Waals surface area contributed by atoms with E-state index in [0.29, 0.717) is 30.2 Å². The second kappa shape index (κ2) is 19.1. The number of carbonyl (C=O) groups excluding carboxylic acids is 5. The van der Waals surface area contributed by atoms with Crippen LogP contribution >= 0.6 is 11.3 Å². The summed E-state index contributed by atoms with van der Waals surface area (Å²) < 4.78 is 15.1. The lowest BCUT2D eigenvalue weighted by Gasteiger charge is -2.46. The van der Waals surface area contributed by atoms with E-state index >= 15 is 4.79 Å². The fourth-order valence-electron chi connectivity index (χ4n) is 11.4. The third-order valence-electron chi connectivity index (χ3n) is 14.6. The number of cyclic esters (lactones) is 1. The van der Waals surface area contributed by atoms with E-state index in [9.17, 15) is 19.2 Å². The topological polar surface area (TPSA) is 172 Å². The standard InChI is InChI=1S/C53H63N9O7S/c1-11-41(63)59-24-30(5)62(31(6)25-59)52(67)58(9)46(29(3)4)49(64)56-37-23-40-55-38(27-70-40)32-19-20-39-36(22-32)42-43(48(68-10)44-35(18-15-21-54-44)47(42)60(39)12-2)53(7,8)28-69-51(66)45-34-17-14-13-16-33(34)26-61(57-45)50(37)65/h11,13-22,27,29-31,37,43,45-46,48,57H,1,12,23-26,28H2,2-10H3,(H,56,64)/t30-,31-,37+,43?,45+,46+,48+/m1/s1. The zero-order valence-electron chi connectivity index (χ0n) is 41.4. The maximum Gasteiger partial charge on any atom is 0.329 e. The molecule has 70 heavy (non-hydrogen) atoms. The van der Waals surface area contributed by atoms with E-state index in [2.05, 4.69) is 66.9 Å². The van der Waals surface area contributed by atoms with Gasteiger partial charge in [0.05, 0.1) is 35.2 Å². The Morgan fingerprint density at radius 1 is 1.09 bits per heavy atom. The molecule has 6 bridgehead atoms. The Balaban J connectivity index is 1.12. The lowest BCUT2D eigenvalue weighted by atomic mass is 9.67. The molecule has 1 unspecified atom stereocenters. The molecule has 9 rings (SSSR count). The number of ether oxygens (including phenoxy) is 2. The van der Waals surface area contributed by atoms with Crippen LogP contribution in [0.25, 0.3) is 33.4 Å². The summed E-state index contributed by atoms with van der Waals surface area (Å²) in [4.78, 5) is 86.4. The average Bonchev–Trinajstić information content (AvgIpc) is 3.95. The quantitative estimate of drug-likeness (QED) is 0.128. The number of aryl methyl sites for hydroxylation is 1. The third kappa shape index (κ3) is 8.44. The van der Waals surface area contributed by atoms with Crippen LogP contribution in [0.15, 0.2) is 78.8 Å². The van der Waals surface area contributed by atoms with Crippen molar-refractivity contribution >= 4 is 52.0 Å². The van der Waals surface area contributed by atoms with Crippen LogP contribution in [0.4, 0.5) is 4.79 Å². The van der Waals surface area contributed by atoms with Gasteiger partial charge >= 0.3 is 12.0 Å². The van der Waals surface area contributed by atoms with Crippen molar-refractivity contribution in [3.05, 3.63) is 106 Å². The number of hydrogen-bond acceptors (Lipinski definition) is 11. The number of aromatic nitrogens is 3. The number of nitrogens with one attached hydrogen (secondary N) is 2. The van der Waals surface area contributed by atoms with Crippen LogP contribution in [0, 0.1) is 11.3 Å². The minimum absolute atomic E-state index is 0.0158.